The van der Waals surface area contributed by atoms with Gasteiger partial charge in [0.1, 0.15) is 6.17 Å². The van der Waals surface area contributed by atoms with Crippen LogP contribution in [0.25, 0.3) is 0 Å². The quantitative estimate of drug-likeness (QED) is 0.537. The summed E-state index contributed by atoms with van der Waals surface area (Å²) < 4.78 is 11.1. The van der Waals surface area contributed by atoms with Gasteiger partial charge in [-0.3, -0.25) is 9.59 Å². The number of benzene rings is 3. The van der Waals surface area contributed by atoms with E-state index in [-0.39, 0.29) is 18.4 Å². The van der Waals surface area contributed by atoms with E-state index in [1.807, 2.05) is 18.2 Å². The number of ether oxygens (including phenoxy) is 2. The van der Waals surface area contributed by atoms with Crippen LogP contribution in [0, 0.1) is 0 Å². The standard InChI is InChI=1S/C23H20ClN3O4/c1-30-20-12-14(22-26-17-8-4-2-6-15(17)23(29)27-22)10-11-19(20)31-13-21(28)25-18-9-5-3-7-16(18)24/h2-12,22,26H,13H2,1H3,(H,25,28)(H,27,29). The van der Waals surface area contributed by atoms with E-state index in [1.165, 1.54) is 7.11 Å². The van der Waals surface area contributed by atoms with Gasteiger partial charge >= 0.3 is 0 Å². The van der Waals surface area contributed by atoms with E-state index in [9.17, 15) is 9.59 Å². The molecule has 0 saturated heterocycles. The number of amides is 2. The predicted octanol–water partition coefficient (Wildman–Crippen LogP) is 4.22. The van der Waals surface area contributed by atoms with Crippen molar-refractivity contribution in [3.05, 3.63) is 82.9 Å². The third kappa shape index (κ3) is 4.57. The van der Waals surface area contributed by atoms with Crippen molar-refractivity contribution in [1.29, 1.82) is 0 Å². The predicted molar refractivity (Wildman–Crippen MR) is 119 cm³/mol. The molecule has 1 unspecified atom stereocenters. The molecule has 3 aromatic carbocycles. The molecule has 3 N–H and O–H groups in total. The highest BCUT2D eigenvalue weighted by molar-refractivity contribution is 6.33. The second-order valence-electron chi connectivity index (χ2n) is 6.82. The lowest BCUT2D eigenvalue weighted by molar-refractivity contribution is -0.118. The first-order chi connectivity index (χ1) is 15.0. The molecule has 1 heterocycles. The van der Waals surface area contributed by atoms with Crippen LogP contribution in [0.1, 0.15) is 22.1 Å². The number of para-hydroxylation sites is 2. The van der Waals surface area contributed by atoms with Gasteiger partial charge in [0.15, 0.2) is 18.1 Å². The number of carbonyl (C=O) groups excluding carboxylic acids is 2. The Hall–Kier alpha value is -3.71. The van der Waals surface area contributed by atoms with E-state index in [2.05, 4.69) is 16.0 Å². The number of nitrogens with one attached hydrogen (secondary N) is 3. The highest BCUT2D eigenvalue weighted by Crippen LogP contribution is 2.33. The zero-order valence-corrected chi connectivity index (χ0v) is 17.4. The van der Waals surface area contributed by atoms with Crippen LogP contribution in [0.15, 0.2) is 66.7 Å². The Morgan fingerprint density at radius 1 is 1.03 bits per heavy atom. The lowest BCUT2D eigenvalue weighted by Crippen LogP contribution is -2.38. The van der Waals surface area contributed by atoms with Gasteiger partial charge in [-0.15, -0.1) is 0 Å². The van der Waals surface area contributed by atoms with Crippen LogP contribution in [0.3, 0.4) is 0 Å². The molecule has 0 saturated carbocycles. The van der Waals surface area contributed by atoms with Crippen molar-refractivity contribution in [2.45, 2.75) is 6.17 Å². The summed E-state index contributed by atoms with van der Waals surface area (Å²) in [7, 11) is 1.51. The summed E-state index contributed by atoms with van der Waals surface area (Å²) in [6.07, 6.45) is -0.422. The van der Waals surface area contributed by atoms with Gasteiger partial charge in [-0.1, -0.05) is 41.9 Å². The average Bonchev–Trinajstić information content (AvgIpc) is 2.79. The lowest BCUT2D eigenvalue weighted by Gasteiger charge is -2.28. The number of rotatable bonds is 6. The third-order valence-corrected chi connectivity index (χ3v) is 5.10. The summed E-state index contributed by atoms with van der Waals surface area (Å²) in [5, 5.41) is 9.36. The molecule has 0 spiro atoms. The van der Waals surface area contributed by atoms with Crippen molar-refractivity contribution in [1.82, 2.24) is 5.32 Å². The minimum absolute atomic E-state index is 0.158. The number of fused-ring (bicyclic) bond motifs is 1. The van der Waals surface area contributed by atoms with Crippen LogP contribution in [-0.2, 0) is 4.79 Å². The van der Waals surface area contributed by atoms with Crippen molar-refractivity contribution in [2.24, 2.45) is 0 Å². The van der Waals surface area contributed by atoms with E-state index in [4.69, 9.17) is 21.1 Å². The number of halogens is 1. The SMILES string of the molecule is COc1cc(C2NC(=O)c3ccccc3N2)ccc1OCC(=O)Nc1ccccc1Cl. The fourth-order valence-corrected chi connectivity index (χ4v) is 3.43. The number of anilines is 2. The molecule has 3 aromatic rings. The van der Waals surface area contributed by atoms with E-state index >= 15 is 0 Å². The summed E-state index contributed by atoms with van der Waals surface area (Å²) in [5.41, 5.74) is 2.65. The molecule has 0 radical (unpaired) electrons. The van der Waals surface area contributed by atoms with Gasteiger partial charge in [0.05, 0.1) is 23.4 Å². The first-order valence-corrected chi connectivity index (χ1v) is 9.94. The smallest absolute Gasteiger partial charge is 0.262 e. The molecule has 7 nitrogen and oxygen atoms in total. The van der Waals surface area contributed by atoms with Crippen molar-refractivity contribution >= 4 is 34.8 Å². The summed E-state index contributed by atoms with van der Waals surface area (Å²) in [6.45, 7) is -0.216. The Balaban J connectivity index is 1.44. The van der Waals surface area contributed by atoms with Crippen LogP contribution >= 0.6 is 11.6 Å². The van der Waals surface area contributed by atoms with Crippen molar-refractivity contribution < 1.29 is 19.1 Å². The lowest BCUT2D eigenvalue weighted by atomic mass is 10.1. The molecule has 1 atom stereocenters. The van der Waals surface area contributed by atoms with Gasteiger partial charge in [0, 0.05) is 5.69 Å². The fourth-order valence-electron chi connectivity index (χ4n) is 3.25. The van der Waals surface area contributed by atoms with Crippen LogP contribution < -0.4 is 25.4 Å². The average molecular weight is 438 g/mol. The van der Waals surface area contributed by atoms with Gasteiger partial charge in [-0.05, 0) is 42.0 Å². The number of methoxy groups -OCH3 is 1. The minimum Gasteiger partial charge on any atom is -0.493 e. The van der Waals surface area contributed by atoms with Gasteiger partial charge in [0.25, 0.3) is 11.8 Å². The van der Waals surface area contributed by atoms with Crippen LogP contribution in [-0.4, -0.2) is 25.5 Å². The molecule has 0 aliphatic carbocycles. The maximum Gasteiger partial charge on any atom is 0.262 e. The molecular formula is C23H20ClN3O4. The summed E-state index contributed by atoms with van der Waals surface area (Å²) >= 11 is 6.05. The van der Waals surface area contributed by atoms with E-state index < -0.39 is 6.17 Å². The van der Waals surface area contributed by atoms with Crippen molar-refractivity contribution in [2.75, 3.05) is 24.4 Å². The second kappa shape index (κ2) is 8.97. The summed E-state index contributed by atoms with van der Waals surface area (Å²) in [5.74, 6) is 0.341. The molecule has 8 heteroatoms. The normalized spacial score (nSPS) is 14.6. The van der Waals surface area contributed by atoms with E-state index in [0.717, 1.165) is 11.3 Å². The molecule has 4 rings (SSSR count). The topological polar surface area (TPSA) is 88.7 Å². The first kappa shape index (κ1) is 20.6. The molecule has 0 aromatic heterocycles. The van der Waals surface area contributed by atoms with Gasteiger partial charge in [0.2, 0.25) is 0 Å². The van der Waals surface area contributed by atoms with Crippen LogP contribution in [0.4, 0.5) is 11.4 Å². The van der Waals surface area contributed by atoms with Crippen LogP contribution in [0.5, 0.6) is 11.5 Å². The molecule has 1 aliphatic rings. The van der Waals surface area contributed by atoms with Gasteiger partial charge in [-0.25, -0.2) is 0 Å². The Bertz CT molecular complexity index is 1140. The van der Waals surface area contributed by atoms with Gasteiger partial charge in [-0.2, -0.15) is 0 Å². The number of carbonyl (C=O) groups is 2. The summed E-state index contributed by atoms with van der Waals surface area (Å²) in [6, 6.07) is 19.5. The Kier molecular flexibility index (Phi) is 5.95. The monoisotopic (exact) mass is 437 g/mol. The van der Waals surface area contributed by atoms with Crippen molar-refractivity contribution in [3.8, 4) is 11.5 Å². The zero-order valence-electron chi connectivity index (χ0n) is 16.6. The highest BCUT2D eigenvalue weighted by Gasteiger charge is 2.25. The number of hydrogen-bond acceptors (Lipinski definition) is 5. The number of hydrogen-bond donors (Lipinski definition) is 3. The van der Waals surface area contributed by atoms with E-state index in [0.29, 0.717) is 27.8 Å². The maximum atomic E-state index is 12.4. The minimum atomic E-state index is -0.422. The molecule has 2 amide bonds. The largest absolute Gasteiger partial charge is 0.493 e. The second-order valence-corrected chi connectivity index (χ2v) is 7.23. The Morgan fingerprint density at radius 3 is 2.61 bits per heavy atom. The Labute approximate surface area is 184 Å². The Morgan fingerprint density at radius 2 is 1.81 bits per heavy atom. The molecule has 158 valence electrons. The fraction of sp³-hybridized carbons (Fsp3) is 0.130. The third-order valence-electron chi connectivity index (χ3n) is 4.77. The van der Waals surface area contributed by atoms with E-state index in [1.54, 1.807) is 48.5 Å². The van der Waals surface area contributed by atoms with Crippen LogP contribution in [0.2, 0.25) is 5.02 Å². The highest BCUT2D eigenvalue weighted by atomic mass is 35.5. The van der Waals surface area contributed by atoms with Gasteiger partial charge < -0.3 is 25.4 Å². The molecule has 1 aliphatic heterocycles. The molecule has 31 heavy (non-hydrogen) atoms. The molecule has 0 fully saturated rings. The zero-order chi connectivity index (χ0) is 21.8. The van der Waals surface area contributed by atoms with Crippen molar-refractivity contribution in [3.63, 3.8) is 0 Å². The summed E-state index contributed by atoms with van der Waals surface area (Å²) in [4.78, 5) is 24.6. The first-order valence-electron chi connectivity index (χ1n) is 9.56. The molecule has 0 bridgehead atoms. The molecular weight excluding hydrogens is 418 g/mol. The maximum absolute atomic E-state index is 12.4.